The summed E-state index contributed by atoms with van der Waals surface area (Å²) in [6, 6.07) is 8.42. The number of nitrogens with one attached hydrogen (secondary N) is 1. The van der Waals surface area contributed by atoms with Crippen LogP contribution in [0.3, 0.4) is 0 Å². The second kappa shape index (κ2) is 5.87. The molecule has 0 saturated carbocycles. The van der Waals surface area contributed by atoms with Crippen LogP contribution < -0.4 is 4.90 Å². The molecule has 1 aromatic heterocycles. The van der Waals surface area contributed by atoms with Gasteiger partial charge in [0.2, 0.25) is 5.95 Å². The van der Waals surface area contributed by atoms with Crippen LogP contribution in [0.1, 0.15) is 26.7 Å². The molecule has 0 aliphatic carbocycles. The zero-order chi connectivity index (χ0) is 13.0. The Kier molecular flexibility index (Phi) is 4.20. The van der Waals surface area contributed by atoms with Crippen LogP contribution in [-0.2, 0) is 0 Å². The van der Waals surface area contributed by atoms with Crippen molar-refractivity contribution in [3.63, 3.8) is 0 Å². The highest BCUT2D eigenvalue weighted by atomic mass is 16.3. The van der Waals surface area contributed by atoms with Crippen molar-refractivity contribution < 1.29 is 5.11 Å². The van der Waals surface area contributed by atoms with Gasteiger partial charge in [-0.25, -0.2) is 4.98 Å². The van der Waals surface area contributed by atoms with Gasteiger partial charge in [-0.1, -0.05) is 26.0 Å². The number of para-hydroxylation sites is 2. The van der Waals surface area contributed by atoms with Crippen LogP contribution in [0.4, 0.5) is 5.95 Å². The Morgan fingerprint density at radius 2 is 2.00 bits per heavy atom. The molecule has 0 radical (unpaired) electrons. The summed E-state index contributed by atoms with van der Waals surface area (Å²) in [5, 5.41) is 9.23. The van der Waals surface area contributed by atoms with Crippen molar-refractivity contribution in [1.29, 1.82) is 0 Å². The van der Waals surface area contributed by atoms with E-state index in [9.17, 15) is 5.11 Å². The van der Waals surface area contributed by atoms with E-state index in [1.165, 1.54) is 0 Å². The molecule has 1 heterocycles. The van der Waals surface area contributed by atoms with Gasteiger partial charge in [0.05, 0.1) is 17.6 Å². The fourth-order valence-electron chi connectivity index (χ4n) is 2.37. The molecule has 0 aliphatic heterocycles. The van der Waals surface area contributed by atoms with Crippen LogP contribution in [-0.4, -0.2) is 34.3 Å². The topological polar surface area (TPSA) is 52.1 Å². The van der Waals surface area contributed by atoms with E-state index >= 15 is 0 Å². The largest absolute Gasteiger partial charge is 0.395 e. The monoisotopic (exact) mass is 247 g/mol. The Hall–Kier alpha value is -1.55. The van der Waals surface area contributed by atoms with Crippen LogP contribution in [0.25, 0.3) is 11.0 Å². The number of nitrogens with zero attached hydrogens (tertiary/aromatic N) is 2. The van der Waals surface area contributed by atoms with E-state index < -0.39 is 0 Å². The van der Waals surface area contributed by atoms with Crippen molar-refractivity contribution >= 4 is 17.0 Å². The molecule has 2 N–H and O–H groups in total. The molecule has 0 fully saturated rings. The zero-order valence-electron chi connectivity index (χ0n) is 11.1. The minimum Gasteiger partial charge on any atom is -0.395 e. The van der Waals surface area contributed by atoms with Gasteiger partial charge in [0, 0.05) is 12.6 Å². The summed E-state index contributed by atoms with van der Waals surface area (Å²) in [6.07, 6.45) is 2.10. The molecule has 2 aromatic rings. The lowest BCUT2D eigenvalue weighted by atomic mass is 10.1. The molecular weight excluding hydrogens is 226 g/mol. The highest BCUT2D eigenvalue weighted by Crippen LogP contribution is 2.20. The molecule has 0 atom stereocenters. The lowest BCUT2D eigenvalue weighted by Gasteiger charge is -2.29. The van der Waals surface area contributed by atoms with E-state index in [0.717, 1.165) is 29.8 Å². The first-order valence-electron chi connectivity index (χ1n) is 6.62. The predicted octanol–water partition coefficient (Wildman–Crippen LogP) is 2.55. The van der Waals surface area contributed by atoms with E-state index in [4.69, 9.17) is 0 Å². The molecule has 0 saturated heterocycles. The molecule has 18 heavy (non-hydrogen) atoms. The van der Waals surface area contributed by atoms with Crippen LogP contribution in [0.15, 0.2) is 24.3 Å². The average Bonchev–Trinajstić information content (AvgIpc) is 2.82. The van der Waals surface area contributed by atoms with Gasteiger partial charge in [0.15, 0.2) is 0 Å². The van der Waals surface area contributed by atoms with Crippen LogP contribution in [0.5, 0.6) is 0 Å². The third-order valence-corrected chi connectivity index (χ3v) is 3.37. The van der Waals surface area contributed by atoms with Gasteiger partial charge < -0.3 is 15.0 Å². The molecular formula is C14H21N3O. The van der Waals surface area contributed by atoms with Crippen molar-refractivity contribution in [2.24, 2.45) is 0 Å². The molecule has 0 bridgehead atoms. The first kappa shape index (κ1) is 12.9. The van der Waals surface area contributed by atoms with Gasteiger partial charge in [-0.3, -0.25) is 0 Å². The lowest BCUT2D eigenvalue weighted by Crippen LogP contribution is -2.37. The third-order valence-electron chi connectivity index (χ3n) is 3.37. The lowest BCUT2D eigenvalue weighted by molar-refractivity contribution is 0.295. The summed E-state index contributed by atoms with van der Waals surface area (Å²) in [5.74, 6) is 0.860. The summed E-state index contributed by atoms with van der Waals surface area (Å²) >= 11 is 0. The van der Waals surface area contributed by atoms with Gasteiger partial charge in [0.1, 0.15) is 0 Å². The zero-order valence-corrected chi connectivity index (χ0v) is 11.1. The fraction of sp³-hybridized carbons (Fsp3) is 0.500. The normalized spacial score (nSPS) is 11.3. The summed E-state index contributed by atoms with van der Waals surface area (Å²) in [5.41, 5.74) is 2.02. The molecule has 4 nitrogen and oxygen atoms in total. The number of imidazole rings is 1. The number of hydrogen-bond acceptors (Lipinski definition) is 3. The molecule has 0 unspecified atom stereocenters. The highest BCUT2D eigenvalue weighted by Gasteiger charge is 2.18. The molecule has 98 valence electrons. The average molecular weight is 247 g/mol. The SMILES string of the molecule is CCC(CC)N(CCO)c1nc2ccccc2[nH]1. The molecule has 0 spiro atoms. The summed E-state index contributed by atoms with van der Waals surface area (Å²) in [7, 11) is 0. The number of benzene rings is 1. The van der Waals surface area contributed by atoms with E-state index in [0.29, 0.717) is 12.6 Å². The Balaban J connectivity index is 2.34. The molecule has 4 heteroatoms. The van der Waals surface area contributed by atoms with Gasteiger partial charge in [-0.05, 0) is 25.0 Å². The number of fused-ring (bicyclic) bond motifs is 1. The number of rotatable bonds is 6. The minimum atomic E-state index is 0.146. The Labute approximate surface area is 108 Å². The van der Waals surface area contributed by atoms with E-state index in [2.05, 4.69) is 28.7 Å². The standard InChI is InChI=1S/C14H21N3O/c1-3-11(4-2)17(9-10-18)14-15-12-7-5-6-8-13(12)16-14/h5-8,11,18H,3-4,9-10H2,1-2H3,(H,15,16). The second-order valence-corrected chi connectivity index (χ2v) is 4.46. The van der Waals surface area contributed by atoms with Crippen molar-refractivity contribution in [1.82, 2.24) is 9.97 Å². The summed E-state index contributed by atoms with van der Waals surface area (Å²) in [4.78, 5) is 10.1. The maximum absolute atomic E-state index is 9.23. The molecule has 1 aromatic carbocycles. The number of aromatic amines is 1. The number of hydrogen-bond donors (Lipinski definition) is 2. The van der Waals surface area contributed by atoms with E-state index in [1.807, 2.05) is 24.3 Å². The predicted molar refractivity (Wildman–Crippen MR) is 74.9 cm³/mol. The van der Waals surface area contributed by atoms with Gasteiger partial charge in [-0.15, -0.1) is 0 Å². The first-order valence-corrected chi connectivity index (χ1v) is 6.62. The number of anilines is 1. The maximum Gasteiger partial charge on any atom is 0.204 e. The fourth-order valence-corrected chi connectivity index (χ4v) is 2.37. The summed E-state index contributed by atoms with van der Waals surface area (Å²) in [6.45, 7) is 5.10. The van der Waals surface area contributed by atoms with Crippen molar-refractivity contribution in [3.8, 4) is 0 Å². The summed E-state index contributed by atoms with van der Waals surface area (Å²) < 4.78 is 0. The molecule has 0 aliphatic rings. The Morgan fingerprint density at radius 3 is 2.61 bits per heavy atom. The van der Waals surface area contributed by atoms with Crippen molar-refractivity contribution in [2.75, 3.05) is 18.1 Å². The minimum absolute atomic E-state index is 0.146. The first-order chi connectivity index (χ1) is 8.80. The third kappa shape index (κ3) is 2.48. The quantitative estimate of drug-likeness (QED) is 0.824. The number of aliphatic hydroxyl groups is 1. The maximum atomic E-state index is 9.23. The van der Waals surface area contributed by atoms with Gasteiger partial charge >= 0.3 is 0 Å². The molecule has 2 rings (SSSR count). The number of aromatic nitrogens is 2. The number of H-pyrrole nitrogens is 1. The van der Waals surface area contributed by atoms with Gasteiger partial charge in [0.25, 0.3) is 0 Å². The number of aliphatic hydroxyl groups excluding tert-OH is 1. The smallest absolute Gasteiger partial charge is 0.204 e. The second-order valence-electron chi connectivity index (χ2n) is 4.46. The van der Waals surface area contributed by atoms with Crippen LogP contribution >= 0.6 is 0 Å². The Bertz CT molecular complexity index is 457. The van der Waals surface area contributed by atoms with Crippen molar-refractivity contribution in [2.45, 2.75) is 32.7 Å². The van der Waals surface area contributed by atoms with Crippen LogP contribution in [0, 0.1) is 0 Å². The van der Waals surface area contributed by atoms with E-state index in [-0.39, 0.29) is 6.61 Å². The highest BCUT2D eigenvalue weighted by molar-refractivity contribution is 5.77. The molecule has 0 amide bonds. The van der Waals surface area contributed by atoms with E-state index in [1.54, 1.807) is 0 Å². The Morgan fingerprint density at radius 1 is 1.28 bits per heavy atom. The van der Waals surface area contributed by atoms with Crippen molar-refractivity contribution in [3.05, 3.63) is 24.3 Å². The van der Waals surface area contributed by atoms with Crippen LogP contribution in [0.2, 0.25) is 0 Å². The van der Waals surface area contributed by atoms with Gasteiger partial charge in [-0.2, -0.15) is 0 Å².